The third-order valence-electron chi connectivity index (χ3n) is 3.87. The predicted molar refractivity (Wildman–Crippen MR) is 79.8 cm³/mol. The summed E-state index contributed by atoms with van der Waals surface area (Å²) in [6, 6.07) is 0. The predicted octanol–water partition coefficient (Wildman–Crippen LogP) is 2.04. The van der Waals surface area contributed by atoms with Gasteiger partial charge in [-0.15, -0.1) is 11.6 Å². The van der Waals surface area contributed by atoms with Crippen molar-refractivity contribution in [3.05, 3.63) is 12.2 Å². The number of rotatable bonds is 5. The molecule has 2 aromatic rings. The van der Waals surface area contributed by atoms with Crippen molar-refractivity contribution in [2.45, 2.75) is 25.8 Å². The monoisotopic (exact) mass is 310 g/mol. The van der Waals surface area contributed by atoms with Crippen LogP contribution in [0.2, 0.25) is 0 Å². The van der Waals surface area contributed by atoms with Crippen LogP contribution >= 0.6 is 11.6 Å². The Hall–Kier alpha value is -1.40. The van der Waals surface area contributed by atoms with Gasteiger partial charge in [0.05, 0.1) is 7.11 Å². The van der Waals surface area contributed by atoms with Crippen LogP contribution in [-0.4, -0.2) is 45.7 Å². The zero-order valence-electron chi connectivity index (χ0n) is 12.1. The number of hydrogen-bond acceptors (Lipinski definition) is 5. The molecule has 0 saturated carbocycles. The van der Waals surface area contributed by atoms with E-state index in [-0.39, 0.29) is 0 Å². The zero-order valence-corrected chi connectivity index (χ0v) is 12.8. The molecule has 0 unspecified atom stereocenters. The van der Waals surface area contributed by atoms with Crippen LogP contribution in [0.5, 0.6) is 5.88 Å². The lowest BCUT2D eigenvalue weighted by molar-refractivity contribution is 0.0613. The minimum atomic E-state index is 0.515. The van der Waals surface area contributed by atoms with Crippen molar-refractivity contribution in [2.75, 3.05) is 26.2 Å². The first kappa shape index (κ1) is 14.5. The number of hydrogen-bond donors (Lipinski definition) is 0. The number of methoxy groups -OCH3 is 1. The molecule has 21 heavy (non-hydrogen) atoms. The molecule has 3 heterocycles. The van der Waals surface area contributed by atoms with Crippen LogP contribution in [0.25, 0.3) is 11.2 Å². The summed E-state index contributed by atoms with van der Waals surface area (Å²) in [5, 5.41) is 0. The number of halogens is 1. The molecule has 1 aliphatic heterocycles. The van der Waals surface area contributed by atoms with Crippen LogP contribution in [0.4, 0.5) is 0 Å². The molecule has 0 atom stereocenters. The first-order valence-electron chi connectivity index (χ1n) is 7.21. The maximum absolute atomic E-state index is 5.91. The Morgan fingerprint density at radius 3 is 2.90 bits per heavy atom. The van der Waals surface area contributed by atoms with Crippen LogP contribution in [0.15, 0.2) is 6.33 Å². The Morgan fingerprint density at radius 2 is 2.19 bits per heavy atom. The van der Waals surface area contributed by atoms with Crippen LogP contribution in [0, 0.1) is 5.92 Å². The molecule has 0 aliphatic carbocycles. The molecule has 1 fully saturated rings. The van der Waals surface area contributed by atoms with Gasteiger partial charge in [-0.3, -0.25) is 0 Å². The summed E-state index contributed by atoms with van der Waals surface area (Å²) >= 11 is 5.91. The number of alkyl halides is 1. The third kappa shape index (κ3) is 2.96. The molecule has 0 radical (unpaired) electrons. The number of aromatic nitrogens is 4. The average molecular weight is 311 g/mol. The highest BCUT2D eigenvalue weighted by Gasteiger charge is 2.20. The third-order valence-corrected chi connectivity index (χ3v) is 4.06. The summed E-state index contributed by atoms with van der Waals surface area (Å²) in [4.78, 5) is 13.2. The number of aryl methyl sites for hydroxylation is 1. The van der Waals surface area contributed by atoms with Gasteiger partial charge in [-0.25, -0.2) is 9.97 Å². The summed E-state index contributed by atoms with van der Waals surface area (Å²) in [6.45, 7) is 2.56. The number of nitrogens with zero attached hydrogens (tertiary/aromatic N) is 4. The van der Waals surface area contributed by atoms with E-state index in [0.717, 1.165) is 44.1 Å². The highest BCUT2D eigenvalue weighted by atomic mass is 35.5. The molecule has 1 saturated heterocycles. The highest BCUT2D eigenvalue weighted by Crippen LogP contribution is 2.25. The van der Waals surface area contributed by atoms with Crippen LogP contribution < -0.4 is 4.74 Å². The van der Waals surface area contributed by atoms with Gasteiger partial charge in [0.15, 0.2) is 11.2 Å². The van der Waals surface area contributed by atoms with E-state index in [1.807, 2.05) is 0 Å². The van der Waals surface area contributed by atoms with Gasteiger partial charge in [0.25, 0.3) is 0 Å². The fourth-order valence-corrected chi connectivity index (χ4v) is 2.93. The molecule has 1 aliphatic rings. The van der Waals surface area contributed by atoms with E-state index in [1.54, 1.807) is 7.11 Å². The molecule has 0 N–H and O–H groups in total. The summed E-state index contributed by atoms with van der Waals surface area (Å²) in [6.07, 6.45) is 4.38. The van der Waals surface area contributed by atoms with Gasteiger partial charge in [-0.2, -0.15) is 4.98 Å². The van der Waals surface area contributed by atoms with Crippen molar-refractivity contribution in [1.29, 1.82) is 0 Å². The van der Waals surface area contributed by atoms with Gasteiger partial charge in [0.1, 0.15) is 12.2 Å². The lowest BCUT2D eigenvalue weighted by atomic mass is 10.0. The summed E-state index contributed by atoms with van der Waals surface area (Å²) < 4.78 is 12.9. The first-order chi connectivity index (χ1) is 10.3. The van der Waals surface area contributed by atoms with Gasteiger partial charge in [-0.05, 0) is 18.8 Å². The van der Waals surface area contributed by atoms with Crippen molar-refractivity contribution in [2.24, 2.45) is 5.92 Å². The largest absolute Gasteiger partial charge is 0.479 e. The zero-order chi connectivity index (χ0) is 14.7. The van der Waals surface area contributed by atoms with E-state index < -0.39 is 0 Å². The van der Waals surface area contributed by atoms with Gasteiger partial charge < -0.3 is 14.0 Å². The van der Waals surface area contributed by atoms with Crippen molar-refractivity contribution < 1.29 is 9.47 Å². The SMILES string of the molecule is COc1ncnc2c1nc(CCCl)n2CC1CCOCC1. The van der Waals surface area contributed by atoms with Gasteiger partial charge >= 0.3 is 0 Å². The van der Waals surface area contributed by atoms with Gasteiger partial charge in [-0.1, -0.05) is 0 Å². The maximum atomic E-state index is 5.91. The molecule has 3 rings (SSSR count). The summed E-state index contributed by atoms with van der Waals surface area (Å²) in [5.74, 6) is 2.59. The second kappa shape index (κ2) is 6.58. The first-order valence-corrected chi connectivity index (χ1v) is 7.74. The average Bonchev–Trinajstić information content (AvgIpc) is 2.87. The maximum Gasteiger partial charge on any atom is 0.245 e. The quantitative estimate of drug-likeness (QED) is 0.791. The Morgan fingerprint density at radius 1 is 1.38 bits per heavy atom. The molecule has 2 aromatic heterocycles. The summed E-state index contributed by atoms with van der Waals surface area (Å²) in [7, 11) is 1.60. The fourth-order valence-electron chi connectivity index (χ4n) is 2.76. The minimum absolute atomic E-state index is 0.515. The van der Waals surface area contributed by atoms with E-state index in [9.17, 15) is 0 Å². The second-order valence-corrected chi connectivity index (χ2v) is 5.57. The number of imidazole rings is 1. The molecule has 0 spiro atoms. The minimum Gasteiger partial charge on any atom is -0.479 e. The number of ether oxygens (including phenoxy) is 2. The van der Waals surface area contributed by atoms with Crippen LogP contribution in [-0.2, 0) is 17.7 Å². The van der Waals surface area contributed by atoms with Crippen molar-refractivity contribution in [1.82, 2.24) is 19.5 Å². The topological polar surface area (TPSA) is 62.1 Å². The van der Waals surface area contributed by atoms with E-state index in [0.29, 0.717) is 29.6 Å². The van der Waals surface area contributed by atoms with Crippen LogP contribution in [0.3, 0.4) is 0 Å². The molecule has 6 nitrogen and oxygen atoms in total. The Bertz CT molecular complexity index is 610. The Kier molecular flexibility index (Phi) is 4.55. The Labute approximate surface area is 128 Å². The van der Waals surface area contributed by atoms with Gasteiger partial charge in [0, 0.05) is 32.1 Å². The molecular weight excluding hydrogens is 292 g/mol. The normalized spacial score (nSPS) is 16.5. The Balaban J connectivity index is 1.99. The van der Waals surface area contributed by atoms with E-state index in [4.69, 9.17) is 21.1 Å². The number of fused-ring (bicyclic) bond motifs is 1. The molecule has 114 valence electrons. The van der Waals surface area contributed by atoms with Crippen LogP contribution in [0.1, 0.15) is 18.7 Å². The van der Waals surface area contributed by atoms with E-state index in [1.165, 1.54) is 6.33 Å². The van der Waals surface area contributed by atoms with Crippen molar-refractivity contribution in [3.63, 3.8) is 0 Å². The lowest BCUT2D eigenvalue weighted by Gasteiger charge is -2.23. The van der Waals surface area contributed by atoms with Gasteiger partial charge in [0.2, 0.25) is 5.88 Å². The van der Waals surface area contributed by atoms with E-state index in [2.05, 4.69) is 19.5 Å². The standard InChI is InChI=1S/C14H19ClN4O2/c1-20-14-12-13(16-9-17-14)19(11(18-12)2-5-15)8-10-3-6-21-7-4-10/h9-10H,2-8H2,1H3. The van der Waals surface area contributed by atoms with E-state index >= 15 is 0 Å². The molecular formula is C14H19ClN4O2. The van der Waals surface area contributed by atoms with Crippen molar-refractivity contribution >= 4 is 22.8 Å². The highest BCUT2D eigenvalue weighted by molar-refractivity contribution is 6.17. The second-order valence-electron chi connectivity index (χ2n) is 5.19. The molecule has 0 bridgehead atoms. The molecule has 7 heteroatoms. The fraction of sp³-hybridized carbons (Fsp3) is 0.643. The smallest absolute Gasteiger partial charge is 0.245 e. The molecule has 0 aromatic carbocycles. The summed E-state index contributed by atoms with van der Waals surface area (Å²) in [5.41, 5.74) is 1.54. The lowest BCUT2D eigenvalue weighted by Crippen LogP contribution is -2.21. The van der Waals surface area contributed by atoms with Crippen molar-refractivity contribution in [3.8, 4) is 5.88 Å². The molecule has 0 amide bonds.